The molecule has 1 atom stereocenters. The van der Waals surface area contributed by atoms with Crippen LogP contribution in [0, 0.1) is 23.4 Å². The van der Waals surface area contributed by atoms with E-state index in [1.54, 1.807) is 0 Å². The molecule has 1 unspecified atom stereocenters. The van der Waals surface area contributed by atoms with Crippen LogP contribution >= 0.6 is 0 Å². The van der Waals surface area contributed by atoms with Gasteiger partial charge in [-0.05, 0) is 36.5 Å². The van der Waals surface area contributed by atoms with Gasteiger partial charge in [-0.25, -0.2) is 13.2 Å². The molecule has 0 saturated heterocycles. The third-order valence-electron chi connectivity index (χ3n) is 2.42. The summed E-state index contributed by atoms with van der Waals surface area (Å²) in [4.78, 5) is 0. The Balaban J connectivity index is 2.34. The van der Waals surface area contributed by atoms with Gasteiger partial charge in [0.05, 0.1) is 6.10 Å². The number of benzene rings is 1. The van der Waals surface area contributed by atoms with E-state index in [0.29, 0.717) is 0 Å². The number of rotatable bonds is 2. The van der Waals surface area contributed by atoms with Gasteiger partial charge in [-0.15, -0.1) is 0 Å². The Labute approximate surface area is 79.2 Å². The molecule has 0 radical (unpaired) electrons. The first-order chi connectivity index (χ1) is 6.59. The molecule has 0 amide bonds. The lowest BCUT2D eigenvalue weighted by molar-refractivity contribution is 0.152. The first-order valence-electron chi connectivity index (χ1n) is 4.42. The van der Waals surface area contributed by atoms with Crippen LogP contribution in [-0.2, 0) is 0 Å². The minimum atomic E-state index is -1.49. The Morgan fingerprint density at radius 2 is 1.64 bits per heavy atom. The van der Waals surface area contributed by atoms with Crippen LogP contribution in [0.4, 0.5) is 13.2 Å². The van der Waals surface area contributed by atoms with E-state index in [9.17, 15) is 18.3 Å². The largest absolute Gasteiger partial charge is 0.388 e. The van der Waals surface area contributed by atoms with Crippen LogP contribution < -0.4 is 0 Å². The Morgan fingerprint density at radius 3 is 2.07 bits per heavy atom. The molecule has 1 nitrogen and oxygen atoms in total. The molecule has 0 bridgehead atoms. The third-order valence-corrected chi connectivity index (χ3v) is 2.42. The predicted octanol–water partition coefficient (Wildman–Crippen LogP) is 2.55. The van der Waals surface area contributed by atoms with Gasteiger partial charge >= 0.3 is 0 Å². The van der Waals surface area contributed by atoms with Gasteiger partial charge in [-0.2, -0.15) is 0 Å². The van der Waals surface area contributed by atoms with Gasteiger partial charge in [0.1, 0.15) is 0 Å². The van der Waals surface area contributed by atoms with Crippen molar-refractivity contribution in [3.63, 3.8) is 0 Å². The second-order valence-electron chi connectivity index (χ2n) is 3.58. The van der Waals surface area contributed by atoms with Gasteiger partial charge in [0, 0.05) is 0 Å². The highest BCUT2D eigenvalue weighted by atomic mass is 19.2. The molecule has 76 valence electrons. The SMILES string of the molecule is OC(c1cc(F)c(F)c(F)c1)C1CC1. The van der Waals surface area contributed by atoms with Gasteiger partial charge in [-0.3, -0.25) is 0 Å². The number of halogens is 3. The van der Waals surface area contributed by atoms with Crippen LogP contribution in [0.15, 0.2) is 12.1 Å². The van der Waals surface area contributed by atoms with Crippen molar-refractivity contribution in [3.05, 3.63) is 35.1 Å². The summed E-state index contributed by atoms with van der Waals surface area (Å²) in [5.41, 5.74) is 0.115. The molecule has 1 aromatic carbocycles. The summed E-state index contributed by atoms with van der Waals surface area (Å²) >= 11 is 0. The second kappa shape index (κ2) is 3.28. The highest BCUT2D eigenvalue weighted by Crippen LogP contribution is 2.41. The van der Waals surface area contributed by atoms with E-state index in [-0.39, 0.29) is 11.5 Å². The molecule has 1 aliphatic carbocycles. The van der Waals surface area contributed by atoms with Crippen molar-refractivity contribution in [1.29, 1.82) is 0 Å². The number of hydrogen-bond donors (Lipinski definition) is 1. The minimum absolute atomic E-state index is 0.0688. The van der Waals surface area contributed by atoms with Gasteiger partial charge in [0.2, 0.25) is 0 Å². The summed E-state index contributed by atoms with van der Waals surface area (Å²) in [5, 5.41) is 9.54. The van der Waals surface area contributed by atoms with Gasteiger partial charge in [-0.1, -0.05) is 0 Å². The normalized spacial score (nSPS) is 18.3. The summed E-state index contributed by atoms with van der Waals surface area (Å²) in [6.07, 6.45) is 0.823. The average Bonchev–Trinajstić information content (AvgIpc) is 2.95. The number of aliphatic hydroxyl groups excluding tert-OH is 1. The van der Waals surface area contributed by atoms with Crippen LogP contribution in [0.25, 0.3) is 0 Å². The fourth-order valence-electron chi connectivity index (χ4n) is 1.43. The lowest BCUT2D eigenvalue weighted by Crippen LogP contribution is -2.03. The van der Waals surface area contributed by atoms with Gasteiger partial charge in [0.25, 0.3) is 0 Å². The van der Waals surface area contributed by atoms with Crippen LogP contribution in [0.3, 0.4) is 0 Å². The van der Waals surface area contributed by atoms with Crippen molar-refractivity contribution >= 4 is 0 Å². The maximum absolute atomic E-state index is 12.8. The van der Waals surface area contributed by atoms with Crippen molar-refractivity contribution in [1.82, 2.24) is 0 Å². The summed E-state index contributed by atoms with van der Waals surface area (Å²) in [6, 6.07) is 1.70. The summed E-state index contributed by atoms with van der Waals surface area (Å²) in [6.45, 7) is 0. The Bertz CT molecular complexity index is 337. The van der Waals surface area contributed by atoms with E-state index < -0.39 is 23.6 Å². The Hall–Kier alpha value is -1.03. The molecule has 0 heterocycles. The van der Waals surface area contributed by atoms with Crippen molar-refractivity contribution in [2.45, 2.75) is 18.9 Å². The molecule has 0 spiro atoms. The molecule has 0 aromatic heterocycles. The zero-order valence-electron chi connectivity index (χ0n) is 7.30. The second-order valence-corrected chi connectivity index (χ2v) is 3.58. The summed E-state index contributed by atoms with van der Waals surface area (Å²) < 4.78 is 38.1. The topological polar surface area (TPSA) is 20.2 Å². The van der Waals surface area contributed by atoms with Crippen LogP contribution in [0.1, 0.15) is 24.5 Å². The van der Waals surface area contributed by atoms with Gasteiger partial charge < -0.3 is 5.11 Å². The van der Waals surface area contributed by atoms with E-state index >= 15 is 0 Å². The van der Waals surface area contributed by atoms with E-state index in [1.807, 2.05) is 0 Å². The Kier molecular flexibility index (Phi) is 2.23. The first-order valence-corrected chi connectivity index (χ1v) is 4.42. The minimum Gasteiger partial charge on any atom is -0.388 e. The lowest BCUT2D eigenvalue weighted by Gasteiger charge is -2.09. The molecule has 1 N–H and O–H groups in total. The van der Waals surface area contributed by atoms with Crippen LogP contribution in [0.5, 0.6) is 0 Å². The maximum atomic E-state index is 12.8. The average molecular weight is 202 g/mol. The molecule has 1 fully saturated rings. The number of hydrogen-bond acceptors (Lipinski definition) is 1. The van der Waals surface area contributed by atoms with E-state index in [2.05, 4.69) is 0 Å². The monoisotopic (exact) mass is 202 g/mol. The molecular weight excluding hydrogens is 193 g/mol. The van der Waals surface area contributed by atoms with Crippen molar-refractivity contribution in [2.75, 3.05) is 0 Å². The quantitative estimate of drug-likeness (QED) is 0.730. The summed E-state index contributed by atoms with van der Waals surface area (Å²) in [7, 11) is 0. The van der Waals surface area contributed by atoms with Gasteiger partial charge in [0.15, 0.2) is 17.5 Å². The molecule has 4 heteroatoms. The van der Waals surface area contributed by atoms with E-state index in [1.165, 1.54) is 0 Å². The predicted molar refractivity (Wildman–Crippen MR) is 44.0 cm³/mol. The zero-order valence-corrected chi connectivity index (χ0v) is 7.30. The molecule has 1 aliphatic rings. The molecule has 0 aliphatic heterocycles. The van der Waals surface area contributed by atoms with Crippen molar-refractivity contribution in [2.24, 2.45) is 5.92 Å². The van der Waals surface area contributed by atoms with E-state index in [4.69, 9.17) is 0 Å². The third kappa shape index (κ3) is 1.62. The molecule has 1 saturated carbocycles. The zero-order chi connectivity index (χ0) is 10.3. The smallest absolute Gasteiger partial charge is 0.194 e. The molecule has 14 heavy (non-hydrogen) atoms. The van der Waals surface area contributed by atoms with Crippen LogP contribution in [-0.4, -0.2) is 5.11 Å². The summed E-state index contributed by atoms with van der Waals surface area (Å²) in [5.74, 6) is -3.92. The maximum Gasteiger partial charge on any atom is 0.194 e. The van der Waals surface area contributed by atoms with Crippen molar-refractivity contribution < 1.29 is 18.3 Å². The molecular formula is C10H9F3O. The molecule has 2 rings (SSSR count). The Morgan fingerprint density at radius 1 is 1.14 bits per heavy atom. The first kappa shape index (κ1) is 9.52. The number of aliphatic hydroxyl groups is 1. The lowest BCUT2D eigenvalue weighted by atomic mass is 10.1. The van der Waals surface area contributed by atoms with E-state index in [0.717, 1.165) is 25.0 Å². The fraction of sp³-hybridized carbons (Fsp3) is 0.400. The highest BCUT2D eigenvalue weighted by Gasteiger charge is 2.31. The highest BCUT2D eigenvalue weighted by molar-refractivity contribution is 5.22. The molecule has 1 aromatic rings. The standard InChI is InChI=1S/C10H9F3O/c11-7-3-6(4-8(12)9(7)13)10(14)5-1-2-5/h3-5,10,14H,1-2H2. The fourth-order valence-corrected chi connectivity index (χ4v) is 1.43. The van der Waals surface area contributed by atoms with Crippen molar-refractivity contribution in [3.8, 4) is 0 Å². The van der Waals surface area contributed by atoms with Crippen LogP contribution in [0.2, 0.25) is 0 Å².